The molecule has 0 aromatic rings. The fraction of sp³-hybridized carbons (Fsp3) is 0.769. The van der Waals surface area contributed by atoms with Gasteiger partial charge in [0, 0.05) is 6.04 Å². The lowest BCUT2D eigenvalue weighted by molar-refractivity contribution is -0.154. The van der Waals surface area contributed by atoms with Crippen LogP contribution in [0.25, 0.3) is 0 Å². The molecule has 0 spiro atoms. The summed E-state index contributed by atoms with van der Waals surface area (Å²) in [6, 6.07) is -0.910. The monoisotopic (exact) mass is 302 g/mol. The molecule has 1 aliphatic carbocycles. The van der Waals surface area contributed by atoms with Gasteiger partial charge in [0.25, 0.3) is 0 Å². The molecular weight excluding hydrogens is 284 g/mol. The predicted octanol–water partition coefficient (Wildman–Crippen LogP) is 0.426. The number of methoxy groups -OCH3 is 1. The van der Waals surface area contributed by atoms with E-state index in [1.54, 1.807) is 0 Å². The maximum Gasteiger partial charge on any atom is 0.308 e. The standard InChI is InChI=1S/C13H19ClN2O4/c1-20-12(18)6-10-13(19)15-8-4-2-3-5-9(8)16(10)11(17)7-14/h8-10H,2-7H2,1H3,(H,15,19)/t8-,9-,10+/m0/s1. The molecule has 112 valence electrons. The van der Waals surface area contributed by atoms with Gasteiger partial charge in [-0.2, -0.15) is 0 Å². The van der Waals surface area contributed by atoms with E-state index in [2.05, 4.69) is 10.1 Å². The number of fused-ring (bicyclic) bond motifs is 1. The summed E-state index contributed by atoms with van der Waals surface area (Å²) in [5, 5.41) is 2.92. The van der Waals surface area contributed by atoms with Gasteiger partial charge >= 0.3 is 5.97 Å². The van der Waals surface area contributed by atoms with Crippen molar-refractivity contribution in [1.82, 2.24) is 10.2 Å². The van der Waals surface area contributed by atoms with Crippen molar-refractivity contribution in [2.45, 2.75) is 50.2 Å². The van der Waals surface area contributed by atoms with E-state index in [4.69, 9.17) is 11.6 Å². The van der Waals surface area contributed by atoms with E-state index in [-0.39, 0.29) is 36.2 Å². The summed E-state index contributed by atoms with van der Waals surface area (Å²) in [5.41, 5.74) is 0. The highest BCUT2D eigenvalue weighted by atomic mass is 35.5. The summed E-state index contributed by atoms with van der Waals surface area (Å²) in [4.78, 5) is 37.3. The van der Waals surface area contributed by atoms with Crippen molar-refractivity contribution in [2.24, 2.45) is 0 Å². The lowest BCUT2D eigenvalue weighted by atomic mass is 9.85. The van der Waals surface area contributed by atoms with Gasteiger partial charge in [0.1, 0.15) is 11.9 Å². The predicted molar refractivity (Wildman–Crippen MR) is 72.2 cm³/mol. The van der Waals surface area contributed by atoms with Crippen molar-refractivity contribution in [3.05, 3.63) is 0 Å². The summed E-state index contributed by atoms with van der Waals surface area (Å²) >= 11 is 5.66. The van der Waals surface area contributed by atoms with Gasteiger partial charge < -0.3 is 15.0 Å². The van der Waals surface area contributed by atoms with Crippen molar-refractivity contribution in [2.75, 3.05) is 13.0 Å². The van der Waals surface area contributed by atoms with E-state index in [0.29, 0.717) is 0 Å². The van der Waals surface area contributed by atoms with Gasteiger partial charge in [-0.3, -0.25) is 14.4 Å². The van der Waals surface area contributed by atoms with Crippen LogP contribution >= 0.6 is 11.6 Å². The van der Waals surface area contributed by atoms with Crippen molar-refractivity contribution >= 4 is 29.4 Å². The number of hydrogen-bond donors (Lipinski definition) is 1. The van der Waals surface area contributed by atoms with Gasteiger partial charge in [0.15, 0.2) is 0 Å². The molecule has 20 heavy (non-hydrogen) atoms. The fourth-order valence-corrected chi connectivity index (χ4v) is 3.25. The summed E-state index contributed by atoms with van der Waals surface area (Å²) in [6.07, 6.45) is 3.59. The molecule has 2 aliphatic rings. The molecule has 7 heteroatoms. The van der Waals surface area contributed by atoms with Gasteiger partial charge in [-0.05, 0) is 12.8 Å². The largest absolute Gasteiger partial charge is 0.469 e. The van der Waals surface area contributed by atoms with E-state index in [0.717, 1.165) is 25.7 Å². The first-order valence-corrected chi connectivity index (χ1v) is 7.36. The maximum absolute atomic E-state index is 12.2. The Labute approximate surface area is 122 Å². The van der Waals surface area contributed by atoms with Gasteiger partial charge in [-0.15, -0.1) is 11.6 Å². The molecule has 0 aromatic heterocycles. The molecular formula is C13H19ClN2O4. The Morgan fingerprint density at radius 2 is 2.10 bits per heavy atom. The highest BCUT2D eigenvalue weighted by Gasteiger charge is 2.45. The smallest absolute Gasteiger partial charge is 0.308 e. The van der Waals surface area contributed by atoms with Crippen LogP contribution in [0, 0.1) is 0 Å². The first kappa shape index (κ1) is 15.1. The van der Waals surface area contributed by atoms with Crippen LogP contribution in [0.2, 0.25) is 0 Å². The quantitative estimate of drug-likeness (QED) is 0.606. The highest BCUT2D eigenvalue weighted by Crippen LogP contribution is 2.29. The van der Waals surface area contributed by atoms with E-state index in [1.807, 2.05) is 0 Å². The average Bonchev–Trinajstić information content (AvgIpc) is 2.47. The molecule has 2 rings (SSSR count). The Kier molecular flexibility index (Phi) is 4.86. The third-order valence-corrected chi connectivity index (χ3v) is 4.27. The van der Waals surface area contributed by atoms with Crippen LogP contribution < -0.4 is 5.32 Å². The van der Waals surface area contributed by atoms with Crippen molar-refractivity contribution in [1.29, 1.82) is 0 Å². The Bertz CT molecular complexity index is 415. The number of alkyl halides is 1. The molecule has 3 atom stereocenters. The minimum absolute atomic E-state index is 0.0303. The third-order valence-electron chi connectivity index (χ3n) is 4.04. The maximum atomic E-state index is 12.2. The zero-order chi connectivity index (χ0) is 14.7. The van der Waals surface area contributed by atoms with E-state index < -0.39 is 12.0 Å². The first-order chi connectivity index (χ1) is 9.58. The topological polar surface area (TPSA) is 75.7 Å². The first-order valence-electron chi connectivity index (χ1n) is 6.82. The average molecular weight is 303 g/mol. The number of piperazine rings is 1. The number of nitrogens with one attached hydrogen (secondary N) is 1. The van der Waals surface area contributed by atoms with Crippen LogP contribution in [0.4, 0.5) is 0 Å². The number of amides is 2. The molecule has 1 aliphatic heterocycles. The normalized spacial score (nSPS) is 29.4. The number of hydrogen-bond acceptors (Lipinski definition) is 4. The van der Waals surface area contributed by atoms with Crippen LogP contribution in [-0.4, -0.2) is 53.8 Å². The van der Waals surface area contributed by atoms with Gasteiger partial charge in [0.05, 0.1) is 19.6 Å². The summed E-state index contributed by atoms with van der Waals surface area (Å²) in [6.45, 7) is 0. The Balaban J connectivity index is 2.24. The van der Waals surface area contributed by atoms with Crippen molar-refractivity contribution in [3.63, 3.8) is 0 Å². The third kappa shape index (κ3) is 2.90. The van der Waals surface area contributed by atoms with Crippen LogP contribution in [0.1, 0.15) is 32.1 Å². The van der Waals surface area contributed by atoms with Gasteiger partial charge in [-0.25, -0.2) is 0 Å². The second-order valence-electron chi connectivity index (χ2n) is 5.20. The molecule has 1 saturated carbocycles. The van der Waals surface area contributed by atoms with Gasteiger partial charge in [-0.1, -0.05) is 12.8 Å². The zero-order valence-corrected chi connectivity index (χ0v) is 12.2. The number of carbonyl (C=O) groups is 3. The number of halogens is 1. The number of rotatable bonds is 3. The number of esters is 1. The molecule has 1 saturated heterocycles. The van der Waals surface area contributed by atoms with Crippen LogP contribution in [-0.2, 0) is 19.1 Å². The lowest BCUT2D eigenvalue weighted by Crippen LogP contribution is -2.68. The van der Waals surface area contributed by atoms with Crippen LogP contribution in [0.3, 0.4) is 0 Å². The Morgan fingerprint density at radius 3 is 2.75 bits per heavy atom. The molecule has 0 unspecified atom stereocenters. The Hall–Kier alpha value is -1.30. The molecule has 2 amide bonds. The zero-order valence-electron chi connectivity index (χ0n) is 11.4. The van der Waals surface area contributed by atoms with Crippen molar-refractivity contribution in [3.8, 4) is 0 Å². The minimum atomic E-state index is -0.812. The summed E-state index contributed by atoms with van der Waals surface area (Å²) < 4.78 is 4.61. The summed E-state index contributed by atoms with van der Waals surface area (Å²) in [5.74, 6) is -1.29. The van der Waals surface area contributed by atoms with E-state index in [1.165, 1.54) is 12.0 Å². The van der Waals surface area contributed by atoms with E-state index >= 15 is 0 Å². The molecule has 0 aromatic carbocycles. The molecule has 6 nitrogen and oxygen atoms in total. The molecule has 1 heterocycles. The van der Waals surface area contributed by atoms with Crippen LogP contribution in [0.5, 0.6) is 0 Å². The lowest BCUT2D eigenvalue weighted by Gasteiger charge is -2.47. The molecule has 0 radical (unpaired) electrons. The molecule has 1 N–H and O–H groups in total. The SMILES string of the molecule is COC(=O)C[C@@H]1C(=O)N[C@H]2CCCC[C@@H]2N1C(=O)CCl. The summed E-state index contributed by atoms with van der Waals surface area (Å²) in [7, 11) is 1.26. The molecule has 2 fully saturated rings. The second-order valence-corrected chi connectivity index (χ2v) is 5.46. The van der Waals surface area contributed by atoms with Crippen molar-refractivity contribution < 1.29 is 19.1 Å². The molecule has 0 bridgehead atoms. The highest BCUT2D eigenvalue weighted by molar-refractivity contribution is 6.27. The minimum Gasteiger partial charge on any atom is -0.469 e. The van der Waals surface area contributed by atoms with Gasteiger partial charge in [0.2, 0.25) is 11.8 Å². The number of ether oxygens (including phenoxy) is 1. The second kappa shape index (κ2) is 6.43. The Morgan fingerprint density at radius 1 is 1.40 bits per heavy atom. The number of carbonyl (C=O) groups excluding carboxylic acids is 3. The van der Waals surface area contributed by atoms with Crippen LogP contribution in [0.15, 0.2) is 0 Å². The van der Waals surface area contributed by atoms with E-state index in [9.17, 15) is 14.4 Å². The number of nitrogens with zero attached hydrogens (tertiary/aromatic N) is 1. The fourth-order valence-electron chi connectivity index (χ4n) is 3.11.